The summed E-state index contributed by atoms with van der Waals surface area (Å²) in [7, 11) is -3.88. The lowest BCUT2D eigenvalue weighted by Gasteiger charge is -2.37. The predicted molar refractivity (Wildman–Crippen MR) is 90.1 cm³/mol. The van der Waals surface area contributed by atoms with E-state index in [1.165, 1.54) is 16.4 Å². The van der Waals surface area contributed by atoms with E-state index in [4.69, 9.17) is 15.9 Å². The Labute approximate surface area is 147 Å². The summed E-state index contributed by atoms with van der Waals surface area (Å²) < 4.78 is 31.3. The lowest BCUT2D eigenvalue weighted by Crippen LogP contribution is -2.58. The van der Waals surface area contributed by atoms with Crippen molar-refractivity contribution in [1.29, 1.82) is 0 Å². The van der Waals surface area contributed by atoms with Gasteiger partial charge in [-0.05, 0) is 25.5 Å². The van der Waals surface area contributed by atoms with Gasteiger partial charge in [-0.15, -0.1) is 0 Å². The summed E-state index contributed by atoms with van der Waals surface area (Å²) in [4.78, 5) is 25.1. The Hall–Kier alpha value is -1.91. The highest BCUT2D eigenvalue weighted by Crippen LogP contribution is 2.21. The smallest absolute Gasteiger partial charge is 0.284 e. The molecule has 4 N–H and O–H groups in total. The van der Waals surface area contributed by atoms with Gasteiger partial charge in [0.05, 0.1) is 5.54 Å². The van der Waals surface area contributed by atoms with E-state index in [1.54, 1.807) is 11.8 Å². The minimum atomic E-state index is -3.88. The molecule has 2 rings (SSSR count). The number of nitrogens with two attached hydrogens (primary N) is 2. The van der Waals surface area contributed by atoms with Gasteiger partial charge in [0, 0.05) is 26.2 Å². The van der Waals surface area contributed by atoms with E-state index < -0.39 is 21.5 Å². The van der Waals surface area contributed by atoms with Crippen LogP contribution in [0, 0.1) is 0 Å². The minimum Gasteiger partial charge on any atom is -0.438 e. The Bertz CT molecular complexity index is 748. The Morgan fingerprint density at radius 3 is 2.32 bits per heavy atom. The van der Waals surface area contributed by atoms with Crippen molar-refractivity contribution in [2.75, 3.05) is 26.2 Å². The molecule has 1 unspecified atom stereocenters. The topological polar surface area (TPSA) is 140 Å². The van der Waals surface area contributed by atoms with E-state index in [9.17, 15) is 18.0 Å². The van der Waals surface area contributed by atoms with Crippen LogP contribution in [0.1, 0.15) is 37.2 Å². The molecule has 10 heteroatoms. The first kappa shape index (κ1) is 19.4. The molecule has 1 aromatic heterocycles. The van der Waals surface area contributed by atoms with Crippen molar-refractivity contribution in [2.24, 2.45) is 11.5 Å². The maximum Gasteiger partial charge on any atom is 0.284 e. The fourth-order valence-corrected chi connectivity index (χ4v) is 4.17. The van der Waals surface area contributed by atoms with Crippen molar-refractivity contribution in [1.82, 2.24) is 9.21 Å². The number of rotatable bonds is 6. The molecule has 1 aliphatic rings. The Kier molecular flexibility index (Phi) is 5.55. The molecule has 0 spiro atoms. The van der Waals surface area contributed by atoms with E-state index in [0.29, 0.717) is 6.42 Å². The summed E-state index contributed by atoms with van der Waals surface area (Å²) in [5, 5.41) is -0.337. The van der Waals surface area contributed by atoms with Crippen LogP contribution >= 0.6 is 0 Å². The molecule has 1 saturated heterocycles. The van der Waals surface area contributed by atoms with Gasteiger partial charge in [-0.1, -0.05) is 13.3 Å². The molecule has 1 atom stereocenters. The second-order valence-electron chi connectivity index (χ2n) is 6.35. The second kappa shape index (κ2) is 7.14. The van der Waals surface area contributed by atoms with E-state index >= 15 is 0 Å². The fourth-order valence-electron chi connectivity index (χ4n) is 2.84. The molecule has 0 bridgehead atoms. The van der Waals surface area contributed by atoms with Gasteiger partial charge in [-0.2, -0.15) is 4.31 Å². The normalized spacial score (nSPS) is 18.8. The van der Waals surface area contributed by atoms with Crippen molar-refractivity contribution < 1.29 is 22.4 Å². The van der Waals surface area contributed by atoms with Gasteiger partial charge in [0.2, 0.25) is 11.0 Å². The van der Waals surface area contributed by atoms with E-state index in [0.717, 1.165) is 6.42 Å². The lowest BCUT2D eigenvalue weighted by atomic mass is 9.95. The predicted octanol–water partition coefficient (Wildman–Crippen LogP) is -0.271. The number of furan rings is 1. The lowest BCUT2D eigenvalue weighted by molar-refractivity contribution is -0.137. The second-order valence-corrected chi connectivity index (χ2v) is 8.22. The summed E-state index contributed by atoms with van der Waals surface area (Å²) in [6.07, 6.45) is 1.35. The summed E-state index contributed by atoms with van der Waals surface area (Å²) in [6, 6.07) is 2.42. The molecule has 1 fully saturated rings. The number of primary amides is 1. The third-order valence-corrected chi connectivity index (χ3v) is 5.97. The van der Waals surface area contributed by atoms with Crippen molar-refractivity contribution in [3.63, 3.8) is 0 Å². The van der Waals surface area contributed by atoms with Gasteiger partial charge in [-0.25, -0.2) is 8.42 Å². The average molecular weight is 372 g/mol. The van der Waals surface area contributed by atoms with Crippen LogP contribution in [0.3, 0.4) is 0 Å². The molecule has 0 aliphatic carbocycles. The third-order valence-electron chi connectivity index (χ3n) is 4.20. The van der Waals surface area contributed by atoms with Crippen molar-refractivity contribution in [3.05, 3.63) is 17.9 Å². The van der Waals surface area contributed by atoms with Gasteiger partial charge in [0.1, 0.15) is 0 Å². The van der Waals surface area contributed by atoms with E-state index in [1.807, 2.05) is 6.92 Å². The van der Waals surface area contributed by atoms with Crippen molar-refractivity contribution >= 4 is 21.8 Å². The highest BCUT2D eigenvalue weighted by Gasteiger charge is 2.37. The highest BCUT2D eigenvalue weighted by molar-refractivity contribution is 7.89. The number of carbonyl (C=O) groups excluding carboxylic acids is 2. The maximum absolute atomic E-state index is 12.6. The van der Waals surface area contributed by atoms with Crippen LogP contribution in [-0.2, 0) is 14.8 Å². The van der Waals surface area contributed by atoms with E-state index in [2.05, 4.69) is 0 Å². The monoisotopic (exact) mass is 372 g/mol. The molecule has 1 aliphatic heterocycles. The number of amides is 2. The number of sulfonamides is 1. The zero-order valence-corrected chi connectivity index (χ0v) is 15.2. The van der Waals surface area contributed by atoms with Gasteiger partial charge >= 0.3 is 0 Å². The van der Waals surface area contributed by atoms with Gasteiger partial charge in [0.25, 0.3) is 15.9 Å². The third kappa shape index (κ3) is 4.02. The Balaban J connectivity index is 2.06. The number of nitrogens with zero attached hydrogens (tertiary/aromatic N) is 2. The highest BCUT2D eigenvalue weighted by atomic mass is 32.2. The summed E-state index contributed by atoms with van der Waals surface area (Å²) in [5.41, 5.74) is 10.2. The number of hydrogen-bond acceptors (Lipinski definition) is 6. The van der Waals surface area contributed by atoms with Crippen LogP contribution in [0.25, 0.3) is 0 Å². The molecular formula is C15H24N4O5S. The van der Waals surface area contributed by atoms with Crippen LogP contribution in [0.2, 0.25) is 0 Å². The molecule has 2 heterocycles. The quantitative estimate of drug-likeness (QED) is 0.704. The Morgan fingerprint density at radius 2 is 1.84 bits per heavy atom. The van der Waals surface area contributed by atoms with E-state index in [-0.39, 0.29) is 42.9 Å². The fraction of sp³-hybridized carbons (Fsp3) is 0.600. The van der Waals surface area contributed by atoms with Crippen LogP contribution in [0.15, 0.2) is 21.6 Å². The molecule has 0 saturated carbocycles. The first-order valence-electron chi connectivity index (χ1n) is 8.07. The van der Waals surface area contributed by atoms with Crippen LogP contribution in [0.4, 0.5) is 0 Å². The summed E-state index contributed by atoms with van der Waals surface area (Å²) in [5.74, 6) is -1.23. The van der Waals surface area contributed by atoms with Gasteiger partial charge in [-0.3, -0.25) is 9.59 Å². The summed E-state index contributed by atoms with van der Waals surface area (Å²) in [6.45, 7) is 4.39. The molecule has 0 aromatic carbocycles. The van der Waals surface area contributed by atoms with Crippen molar-refractivity contribution in [3.8, 4) is 0 Å². The van der Waals surface area contributed by atoms with Gasteiger partial charge < -0.3 is 20.8 Å². The SMILES string of the molecule is CCCC(C)(N)C(=O)N1CCN(S(=O)(=O)c2ccc(C(N)=O)o2)CC1. The zero-order chi connectivity index (χ0) is 18.8. The zero-order valence-electron chi connectivity index (χ0n) is 14.4. The molecular weight excluding hydrogens is 348 g/mol. The van der Waals surface area contributed by atoms with Crippen LogP contribution < -0.4 is 11.5 Å². The summed E-state index contributed by atoms with van der Waals surface area (Å²) >= 11 is 0. The largest absolute Gasteiger partial charge is 0.438 e. The van der Waals surface area contributed by atoms with Crippen LogP contribution in [-0.4, -0.2) is 61.2 Å². The standard InChI is InChI=1S/C15H24N4O5S/c1-3-6-15(2,17)14(21)18-7-9-19(10-8-18)25(22,23)12-5-4-11(24-12)13(16)20/h4-5H,3,6-10,17H2,1-2H3,(H2,16,20). The first-order valence-corrected chi connectivity index (χ1v) is 9.51. The van der Waals surface area contributed by atoms with Gasteiger partial charge in [0.15, 0.2) is 5.76 Å². The average Bonchev–Trinajstić information content (AvgIpc) is 3.05. The number of piperazine rings is 1. The number of carbonyl (C=O) groups is 2. The van der Waals surface area contributed by atoms with Crippen LogP contribution in [0.5, 0.6) is 0 Å². The Morgan fingerprint density at radius 1 is 1.24 bits per heavy atom. The number of hydrogen-bond donors (Lipinski definition) is 2. The first-order chi connectivity index (χ1) is 11.6. The van der Waals surface area contributed by atoms with Crippen molar-refractivity contribution in [2.45, 2.75) is 37.3 Å². The molecule has 0 radical (unpaired) electrons. The molecule has 140 valence electrons. The maximum atomic E-state index is 12.6. The molecule has 9 nitrogen and oxygen atoms in total. The molecule has 2 amide bonds. The molecule has 25 heavy (non-hydrogen) atoms. The minimum absolute atomic E-state index is 0.128. The molecule has 1 aromatic rings.